The molecule has 0 fully saturated rings. The lowest BCUT2D eigenvalue weighted by Gasteiger charge is -2.18. The summed E-state index contributed by atoms with van der Waals surface area (Å²) in [6.07, 6.45) is 2.70. The number of carbonyl (C=O) groups excluding carboxylic acids is 1. The van der Waals surface area contributed by atoms with Crippen LogP contribution < -0.4 is 11.0 Å². The van der Waals surface area contributed by atoms with Gasteiger partial charge in [0.15, 0.2) is 5.65 Å². The second-order valence-electron chi connectivity index (χ2n) is 6.38. The van der Waals surface area contributed by atoms with Crippen molar-refractivity contribution in [2.24, 2.45) is 5.41 Å². The van der Waals surface area contributed by atoms with E-state index in [9.17, 15) is 9.59 Å². The summed E-state index contributed by atoms with van der Waals surface area (Å²) in [7, 11) is 0. The summed E-state index contributed by atoms with van der Waals surface area (Å²) in [5.41, 5.74) is 2.61. The van der Waals surface area contributed by atoms with Crippen molar-refractivity contribution in [1.82, 2.24) is 19.4 Å². The Morgan fingerprint density at radius 3 is 2.71 bits per heavy atom. The number of fused-ring (bicyclic) bond motifs is 1. The summed E-state index contributed by atoms with van der Waals surface area (Å²) in [5.74, 6) is -0.284. The normalized spacial score (nSPS) is 11.7. The number of rotatable bonds is 2. The van der Waals surface area contributed by atoms with Gasteiger partial charge >= 0.3 is 0 Å². The molecule has 0 aliphatic rings. The Bertz CT molecular complexity index is 984. The number of benzene rings is 1. The quantitative estimate of drug-likeness (QED) is 0.773. The first kappa shape index (κ1) is 16.2. The predicted molar refractivity (Wildman–Crippen MR) is 92.0 cm³/mol. The van der Waals surface area contributed by atoms with E-state index in [1.54, 1.807) is 39.0 Å². The van der Waals surface area contributed by atoms with Crippen molar-refractivity contribution in [3.8, 4) is 5.69 Å². The minimum atomic E-state index is -0.626. The molecule has 0 atom stereocenters. The third kappa shape index (κ3) is 2.90. The van der Waals surface area contributed by atoms with Gasteiger partial charge in [-0.15, -0.1) is 0 Å². The molecule has 0 unspecified atom stereocenters. The van der Waals surface area contributed by atoms with Crippen molar-refractivity contribution >= 4 is 28.5 Å². The van der Waals surface area contributed by atoms with Crippen LogP contribution in [0.5, 0.6) is 0 Å². The number of hydrogen-bond donors (Lipinski definition) is 1. The molecule has 3 aromatic rings. The minimum absolute atomic E-state index is 0.284. The molecule has 1 N–H and O–H groups in total. The number of carbonyl (C=O) groups is 1. The molecule has 8 heteroatoms. The van der Waals surface area contributed by atoms with Crippen LogP contribution in [0.2, 0.25) is 5.02 Å². The number of aromatic nitrogens is 4. The van der Waals surface area contributed by atoms with Crippen molar-refractivity contribution in [1.29, 1.82) is 0 Å². The highest BCUT2D eigenvalue weighted by Crippen LogP contribution is 2.17. The monoisotopic (exact) mass is 345 g/mol. The first-order valence-corrected chi connectivity index (χ1v) is 7.68. The van der Waals surface area contributed by atoms with Crippen LogP contribution in [-0.2, 0) is 4.79 Å². The third-order valence-electron chi connectivity index (χ3n) is 3.44. The van der Waals surface area contributed by atoms with E-state index in [0.29, 0.717) is 21.7 Å². The van der Waals surface area contributed by atoms with E-state index < -0.39 is 11.0 Å². The summed E-state index contributed by atoms with van der Waals surface area (Å²) < 4.78 is 2.60. The highest BCUT2D eigenvalue weighted by Gasteiger charge is 2.22. The number of nitrogens with one attached hydrogen (secondary N) is 1. The zero-order valence-electron chi connectivity index (χ0n) is 13.4. The number of halogens is 1. The van der Waals surface area contributed by atoms with Crippen LogP contribution in [0.4, 0.5) is 0 Å². The van der Waals surface area contributed by atoms with Gasteiger partial charge in [-0.3, -0.25) is 15.0 Å². The summed E-state index contributed by atoms with van der Waals surface area (Å²) in [6, 6.07) is 7.07. The topological polar surface area (TPSA) is 81.8 Å². The first-order valence-electron chi connectivity index (χ1n) is 7.30. The molecule has 0 saturated carbocycles. The molecule has 0 aliphatic carbocycles. The minimum Gasteiger partial charge on any atom is -0.273 e. The molecule has 24 heavy (non-hydrogen) atoms. The highest BCUT2D eigenvalue weighted by molar-refractivity contribution is 6.30. The SMILES string of the molecule is CC(C)(C)C(=O)Nn1cnc2c(cnn2-c2cccc(Cl)c2)c1=O. The van der Waals surface area contributed by atoms with Crippen molar-refractivity contribution in [2.45, 2.75) is 20.8 Å². The van der Waals surface area contributed by atoms with Gasteiger partial charge in [-0.05, 0) is 18.2 Å². The third-order valence-corrected chi connectivity index (χ3v) is 3.68. The molecule has 0 saturated heterocycles. The number of amides is 1. The van der Waals surface area contributed by atoms with E-state index in [4.69, 9.17) is 11.6 Å². The lowest BCUT2D eigenvalue weighted by atomic mass is 9.96. The maximum Gasteiger partial charge on any atom is 0.283 e. The predicted octanol–water partition coefficient (Wildman–Crippen LogP) is 2.35. The van der Waals surface area contributed by atoms with Gasteiger partial charge in [0.05, 0.1) is 11.9 Å². The standard InChI is InChI=1S/C16H16ClN5O2/c1-16(2,3)15(24)20-21-9-18-13-12(14(21)23)8-19-22(13)11-6-4-5-10(17)7-11/h4-9H,1-3H3,(H,20,24). The molecule has 2 heterocycles. The zero-order chi connectivity index (χ0) is 17.5. The molecular formula is C16H16ClN5O2. The van der Waals surface area contributed by atoms with Crippen LogP contribution in [0, 0.1) is 5.41 Å². The van der Waals surface area contributed by atoms with Crippen molar-refractivity contribution in [3.63, 3.8) is 0 Å². The van der Waals surface area contributed by atoms with E-state index in [0.717, 1.165) is 4.68 Å². The molecule has 124 valence electrons. The average molecular weight is 346 g/mol. The summed E-state index contributed by atoms with van der Waals surface area (Å²) >= 11 is 5.99. The fourth-order valence-electron chi connectivity index (χ4n) is 2.07. The lowest BCUT2D eigenvalue weighted by Crippen LogP contribution is -2.39. The summed E-state index contributed by atoms with van der Waals surface area (Å²) in [6.45, 7) is 5.28. The Balaban J connectivity index is 2.06. The summed E-state index contributed by atoms with van der Waals surface area (Å²) in [4.78, 5) is 28.8. The van der Waals surface area contributed by atoms with E-state index >= 15 is 0 Å². The number of hydrogen-bond acceptors (Lipinski definition) is 4. The van der Waals surface area contributed by atoms with E-state index in [-0.39, 0.29) is 5.91 Å². The lowest BCUT2D eigenvalue weighted by molar-refractivity contribution is -0.124. The van der Waals surface area contributed by atoms with Crippen LogP contribution in [0.15, 0.2) is 41.6 Å². The van der Waals surface area contributed by atoms with Gasteiger partial charge in [-0.2, -0.15) is 5.10 Å². The molecule has 3 rings (SSSR count). The molecule has 7 nitrogen and oxygen atoms in total. The van der Waals surface area contributed by atoms with Crippen LogP contribution in [0.1, 0.15) is 20.8 Å². The van der Waals surface area contributed by atoms with E-state index in [1.165, 1.54) is 17.2 Å². The molecule has 1 amide bonds. The van der Waals surface area contributed by atoms with Crippen molar-refractivity contribution in [3.05, 3.63) is 52.2 Å². The van der Waals surface area contributed by atoms with Gasteiger partial charge in [-0.25, -0.2) is 14.3 Å². The Kier molecular flexibility index (Phi) is 3.88. The largest absolute Gasteiger partial charge is 0.283 e. The Labute approximate surface area is 142 Å². The molecule has 0 radical (unpaired) electrons. The van der Waals surface area contributed by atoms with E-state index in [2.05, 4.69) is 15.5 Å². The molecule has 0 aliphatic heterocycles. The van der Waals surface area contributed by atoms with E-state index in [1.807, 2.05) is 6.07 Å². The van der Waals surface area contributed by atoms with Crippen LogP contribution >= 0.6 is 11.6 Å². The molecule has 1 aromatic carbocycles. The van der Waals surface area contributed by atoms with Gasteiger partial charge in [0.2, 0.25) is 5.91 Å². The zero-order valence-corrected chi connectivity index (χ0v) is 14.2. The maximum absolute atomic E-state index is 12.5. The molecule has 2 aromatic heterocycles. The van der Waals surface area contributed by atoms with Crippen molar-refractivity contribution in [2.75, 3.05) is 5.43 Å². The van der Waals surface area contributed by atoms with Gasteiger partial charge in [0.25, 0.3) is 5.56 Å². The van der Waals surface area contributed by atoms with Gasteiger partial charge in [-0.1, -0.05) is 38.4 Å². The van der Waals surface area contributed by atoms with Crippen molar-refractivity contribution < 1.29 is 4.79 Å². The highest BCUT2D eigenvalue weighted by atomic mass is 35.5. The average Bonchev–Trinajstić information content (AvgIpc) is 2.93. The smallest absolute Gasteiger partial charge is 0.273 e. The van der Waals surface area contributed by atoms with Crippen LogP contribution in [-0.4, -0.2) is 25.3 Å². The fourth-order valence-corrected chi connectivity index (χ4v) is 2.25. The fraction of sp³-hybridized carbons (Fsp3) is 0.250. The second-order valence-corrected chi connectivity index (χ2v) is 6.82. The Hall–Kier alpha value is -2.67. The van der Waals surface area contributed by atoms with Gasteiger partial charge in [0.1, 0.15) is 11.7 Å². The Morgan fingerprint density at radius 2 is 2.04 bits per heavy atom. The summed E-state index contributed by atoms with van der Waals surface area (Å²) in [5, 5.41) is 5.06. The molecular weight excluding hydrogens is 330 g/mol. The van der Waals surface area contributed by atoms with Gasteiger partial charge < -0.3 is 0 Å². The maximum atomic E-state index is 12.5. The molecule has 0 spiro atoms. The van der Waals surface area contributed by atoms with Crippen LogP contribution in [0.25, 0.3) is 16.7 Å². The van der Waals surface area contributed by atoms with Gasteiger partial charge in [0, 0.05) is 10.4 Å². The molecule has 0 bridgehead atoms. The Morgan fingerprint density at radius 1 is 1.29 bits per heavy atom. The first-order chi connectivity index (χ1) is 11.3. The second kappa shape index (κ2) is 5.76. The van der Waals surface area contributed by atoms with Crippen LogP contribution in [0.3, 0.4) is 0 Å². The number of nitrogens with zero attached hydrogens (tertiary/aromatic N) is 4.